The van der Waals surface area contributed by atoms with Crippen LogP contribution in [0.5, 0.6) is 0 Å². The average Bonchev–Trinajstić information content (AvgIpc) is 3.46. The summed E-state index contributed by atoms with van der Waals surface area (Å²) in [5.74, 6) is 0.490. The van der Waals surface area contributed by atoms with Gasteiger partial charge < -0.3 is 4.42 Å². The van der Waals surface area contributed by atoms with Crippen molar-refractivity contribution in [3.8, 4) is 11.3 Å². The molecular formula is C32H24Cl3N3O4S. The van der Waals surface area contributed by atoms with Crippen molar-refractivity contribution in [3.63, 3.8) is 0 Å². The van der Waals surface area contributed by atoms with Gasteiger partial charge in [-0.25, -0.2) is 13.8 Å². The number of furan rings is 1. The van der Waals surface area contributed by atoms with Crippen LogP contribution in [0.3, 0.4) is 0 Å². The molecule has 0 aliphatic carbocycles. The first-order valence-electron chi connectivity index (χ1n) is 12.9. The molecule has 0 radical (unpaired) electrons. The van der Waals surface area contributed by atoms with Crippen LogP contribution in [-0.4, -0.2) is 20.5 Å². The quantitative estimate of drug-likeness (QED) is 0.128. The lowest BCUT2D eigenvalue weighted by Crippen LogP contribution is -2.31. The summed E-state index contributed by atoms with van der Waals surface area (Å²) in [6.07, 6.45) is 1.37. The third kappa shape index (κ3) is 7.12. The van der Waals surface area contributed by atoms with Crippen LogP contribution in [0.15, 0.2) is 118 Å². The van der Waals surface area contributed by atoms with E-state index in [9.17, 15) is 13.2 Å². The number of benzene rings is 4. The number of carbonyl (C=O) groups is 1. The average molecular weight is 653 g/mol. The van der Waals surface area contributed by atoms with E-state index >= 15 is 0 Å². The summed E-state index contributed by atoms with van der Waals surface area (Å²) in [6.45, 7) is 1.85. The van der Waals surface area contributed by atoms with Crippen LogP contribution in [-0.2, 0) is 16.6 Å². The van der Waals surface area contributed by atoms with Crippen molar-refractivity contribution in [2.24, 2.45) is 5.10 Å². The molecule has 0 saturated carbocycles. The van der Waals surface area contributed by atoms with E-state index in [0.29, 0.717) is 49.0 Å². The number of rotatable bonds is 9. The van der Waals surface area contributed by atoms with Crippen molar-refractivity contribution >= 4 is 62.6 Å². The monoisotopic (exact) mass is 651 g/mol. The van der Waals surface area contributed by atoms with Crippen LogP contribution in [0.2, 0.25) is 15.1 Å². The Hall–Kier alpha value is -4.08. The summed E-state index contributed by atoms with van der Waals surface area (Å²) >= 11 is 18.5. The van der Waals surface area contributed by atoms with Crippen molar-refractivity contribution in [3.05, 3.63) is 141 Å². The Morgan fingerprint density at radius 3 is 2.30 bits per heavy atom. The fourth-order valence-electron chi connectivity index (χ4n) is 4.27. The largest absolute Gasteiger partial charge is 0.455 e. The van der Waals surface area contributed by atoms with Gasteiger partial charge >= 0.3 is 0 Å². The number of carbonyl (C=O) groups excluding carboxylic acids is 1. The molecule has 0 aliphatic heterocycles. The Labute approximate surface area is 264 Å². The lowest BCUT2D eigenvalue weighted by molar-refractivity contribution is 0.0955. The third-order valence-electron chi connectivity index (χ3n) is 6.49. The van der Waals surface area contributed by atoms with Gasteiger partial charge in [-0.1, -0.05) is 71.2 Å². The number of hydrogen-bond acceptors (Lipinski definition) is 5. The molecule has 0 saturated heterocycles. The molecule has 1 heterocycles. The molecule has 1 aromatic heterocycles. The molecule has 218 valence electrons. The zero-order chi connectivity index (χ0) is 30.6. The Bertz CT molecular complexity index is 1910. The summed E-state index contributed by atoms with van der Waals surface area (Å²) in [5, 5.41) is 5.37. The van der Waals surface area contributed by atoms with Crippen molar-refractivity contribution in [2.75, 3.05) is 4.31 Å². The molecule has 43 heavy (non-hydrogen) atoms. The maximum atomic E-state index is 13.7. The van der Waals surface area contributed by atoms with E-state index in [1.807, 2.05) is 6.92 Å². The van der Waals surface area contributed by atoms with Gasteiger partial charge in [-0.2, -0.15) is 5.10 Å². The maximum Gasteiger partial charge on any atom is 0.271 e. The van der Waals surface area contributed by atoms with E-state index in [2.05, 4.69) is 10.5 Å². The highest BCUT2D eigenvalue weighted by Crippen LogP contribution is 2.32. The molecule has 5 aromatic rings. The SMILES string of the molecule is Cc1ccc(Cl)cc1N(Cc1ccc(C(=O)N/N=C\c2ccc(-c3ccc(Cl)cc3Cl)o2)cc1)S(=O)(=O)c1ccccc1. The van der Waals surface area contributed by atoms with Gasteiger partial charge in [0.2, 0.25) is 0 Å². The third-order valence-corrected chi connectivity index (χ3v) is 9.05. The van der Waals surface area contributed by atoms with Gasteiger partial charge in [0, 0.05) is 21.2 Å². The highest BCUT2D eigenvalue weighted by Gasteiger charge is 2.26. The zero-order valence-corrected chi connectivity index (χ0v) is 25.8. The van der Waals surface area contributed by atoms with Crippen LogP contribution in [0.25, 0.3) is 11.3 Å². The zero-order valence-electron chi connectivity index (χ0n) is 22.7. The molecular weight excluding hydrogens is 629 g/mol. The lowest BCUT2D eigenvalue weighted by atomic mass is 10.1. The molecule has 0 aliphatic rings. The van der Waals surface area contributed by atoms with Crippen LogP contribution >= 0.6 is 34.8 Å². The molecule has 0 bridgehead atoms. The number of hydrogen-bond donors (Lipinski definition) is 1. The molecule has 4 aromatic carbocycles. The molecule has 0 fully saturated rings. The van der Waals surface area contributed by atoms with Crippen molar-refractivity contribution in [1.29, 1.82) is 0 Å². The predicted octanol–water partition coefficient (Wildman–Crippen LogP) is 8.37. The second kappa shape index (κ2) is 13.1. The standard InChI is InChI=1S/C32H24Cl3N3O4S/c1-21-7-12-25(34)18-30(21)38(43(40,41)27-5-3-2-4-6-27)20-22-8-10-23(11-9-22)32(39)37-36-19-26-14-16-31(42-26)28-15-13-24(33)17-29(28)35/h2-19H,20H2,1H3,(H,37,39)/b36-19-. The van der Waals surface area contributed by atoms with E-state index in [4.69, 9.17) is 39.2 Å². The Kier molecular flexibility index (Phi) is 9.22. The number of hydrazone groups is 1. The topological polar surface area (TPSA) is 92.0 Å². The predicted molar refractivity (Wildman–Crippen MR) is 172 cm³/mol. The van der Waals surface area contributed by atoms with Gasteiger partial charge in [-0.3, -0.25) is 9.10 Å². The summed E-state index contributed by atoms with van der Waals surface area (Å²) in [4.78, 5) is 12.9. The smallest absolute Gasteiger partial charge is 0.271 e. The van der Waals surface area contributed by atoms with Crippen molar-refractivity contribution < 1.29 is 17.6 Å². The van der Waals surface area contributed by atoms with E-state index in [1.165, 1.54) is 10.5 Å². The molecule has 1 N–H and O–H groups in total. The number of aryl methyl sites for hydroxylation is 1. The normalized spacial score (nSPS) is 11.5. The fraction of sp³-hybridized carbons (Fsp3) is 0.0625. The second-order valence-electron chi connectivity index (χ2n) is 9.48. The van der Waals surface area contributed by atoms with Crippen LogP contribution in [0, 0.1) is 6.92 Å². The fourth-order valence-corrected chi connectivity index (χ4v) is 6.47. The minimum Gasteiger partial charge on any atom is -0.455 e. The highest BCUT2D eigenvalue weighted by atomic mass is 35.5. The Morgan fingerprint density at radius 1 is 0.884 bits per heavy atom. The molecule has 5 rings (SSSR count). The number of amides is 1. The van der Waals surface area contributed by atoms with E-state index in [0.717, 1.165) is 5.56 Å². The van der Waals surface area contributed by atoms with Gasteiger partial charge in [0.15, 0.2) is 0 Å². The van der Waals surface area contributed by atoms with Crippen molar-refractivity contribution in [2.45, 2.75) is 18.4 Å². The highest BCUT2D eigenvalue weighted by molar-refractivity contribution is 7.92. The molecule has 11 heteroatoms. The van der Waals surface area contributed by atoms with Gasteiger partial charge in [0.1, 0.15) is 11.5 Å². The number of nitrogens with zero attached hydrogens (tertiary/aromatic N) is 2. The number of sulfonamides is 1. The van der Waals surface area contributed by atoms with Gasteiger partial charge in [-0.05, 0) is 84.8 Å². The summed E-state index contributed by atoms with van der Waals surface area (Å²) in [5.41, 5.74) is 5.36. The second-order valence-corrected chi connectivity index (χ2v) is 12.6. The van der Waals surface area contributed by atoms with Gasteiger partial charge in [-0.15, -0.1) is 0 Å². The first-order valence-corrected chi connectivity index (χ1v) is 15.5. The van der Waals surface area contributed by atoms with E-state index in [-0.39, 0.29) is 11.4 Å². The first-order chi connectivity index (χ1) is 20.6. The Balaban J connectivity index is 1.30. The minimum atomic E-state index is -3.92. The number of halogens is 3. The van der Waals surface area contributed by atoms with E-state index in [1.54, 1.807) is 103 Å². The van der Waals surface area contributed by atoms with Gasteiger partial charge in [0.25, 0.3) is 15.9 Å². The van der Waals surface area contributed by atoms with Crippen LogP contribution in [0.1, 0.15) is 27.2 Å². The summed E-state index contributed by atoms with van der Waals surface area (Å²) in [6, 6.07) is 28.4. The number of anilines is 1. The Morgan fingerprint density at radius 2 is 1.58 bits per heavy atom. The lowest BCUT2D eigenvalue weighted by Gasteiger charge is -2.26. The minimum absolute atomic E-state index is 0.0247. The summed E-state index contributed by atoms with van der Waals surface area (Å²) < 4.78 is 34.5. The molecule has 0 spiro atoms. The van der Waals surface area contributed by atoms with Crippen molar-refractivity contribution in [1.82, 2.24) is 5.43 Å². The van der Waals surface area contributed by atoms with E-state index < -0.39 is 15.9 Å². The number of nitrogens with one attached hydrogen (secondary N) is 1. The molecule has 1 amide bonds. The van der Waals surface area contributed by atoms with Crippen LogP contribution < -0.4 is 9.73 Å². The summed E-state index contributed by atoms with van der Waals surface area (Å²) in [7, 11) is -3.92. The molecule has 7 nitrogen and oxygen atoms in total. The van der Waals surface area contributed by atoms with Gasteiger partial charge in [0.05, 0.1) is 28.4 Å². The van der Waals surface area contributed by atoms with Crippen LogP contribution in [0.4, 0.5) is 5.69 Å². The maximum absolute atomic E-state index is 13.7. The molecule has 0 atom stereocenters. The molecule has 0 unspecified atom stereocenters. The first kappa shape index (κ1) is 30.4.